The summed E-state index contributed by atoms with van der Waals surface area (Å²) in [5.41, 5.74) is 0. The molecule has 0 aromatic carbocycles. The van der Waals surface area contributed by atoms with Gasteiger partial charge in [-0.3, -0.25) is 0 Å². The van der Waals surface area contributed by atoms with Crippen molar-refractivity contribution < 1.29 is 21.1 Å². The quantitative estimate of drug-likeness (QED) is 0.545. The number of rotatable bonds is 11. The summed E-state index contributed by atoms with van der Waals surface area (Å²) in [5, 5.41) is 0. The van der Waals surface area contributed by atoms with Crippen LogP contribution in [0.1, 0.15) is 59.3 Å². The average molecular weight is 300 g/mol. The maximum absolute atomic E-state index is 13.0. The molecule has 0 amide bonds. The van der Waals surface area contributed by atoms with Crippen molar-refractivity contribution in [3.05, 3.63) is 0 Å². The molecule has 0 aromatic rings. The normalized spacial score (nSPS) is 13.2. The minimum atomic E-state index is -4.41. The van der Waals surface area contributed by atoms with Crippen LogP contribution in [0.15, 0.2) is 0 Å². The zero-order chi connectivity index (χ0) is 14.9. The van der Waals surface area contributed by atoms with E-state index in [2.05, 4.69) is 0 Å². The molecule has 0 aliphatic heterocycles. The molecule has 0 radical (unpaired) electrons. The molecule has 0 N–H and O–H groups in total. The fourth-order valence-corrected chi connectivity index (χ4v) is 3.71. The van der Waals surface area contributed by atoms with Crippen LogP contribution < -0.4 is 0 Å². The van der Waals surface area contributed by atoms with Crippen LogP contribution in [-0.2, 0) is 10.0 Å². The number of halogens is 2. The molecular weight excluding hydrogens is 272 g/mol. The monoisotopic (exact) mass is 300 g/mol. The number of hydrogen-bond acceptors (Lipinski definition) is 2. The van der Waals surface area contributed by atoms with Crippen LogP contribution in [0.25, 0.3) is 0 Å². The molecule has 6 heteroatoms. The van der Waals surface area contributed by atoms with E-state index in [0.29, 0.717) is 38.9 Å². The third-order valence-electron chi connectivity index (χ3n) is 3.52. The lowest BCUT2D eigenvalue weighted by Gasteiger charge is -2.36. The van der Waals surface area contributed by atoms with Crippen LogP contribution >= 0.6 is 0 Å². The van der Waals surface area contributed by atoms with Crippen molar-refractivity contribution in [1.82, 2.24) is 0 Å². The van der Waals surface area contributed by atoms with E-state index < -0.39 is 19.7 Å². The van der Waals surface area contributed by atoms with Gasteiger partial charge in [0.05, 0.1) is 19.6 Å². The van der Waals surface area contributed by atoms with Crippen molar-refractivity contribution in [1.29, 1.82) is 0 Å². The Morgan fingerprint density at radius 1 is 0.842 bits per heavy atom. The van der Waals surface area contributed by atoms with Gasteiger partial charge in [-0.05, 0) is 19.3 Å². The number of unbranched alkanes of at least 4 members (excludes halogenated alkanes) is 3. The van der Waals surface area contributed by atoms with E-state index in [0.717, 1.165) is 19.3 Å². The van der Waals surface area contributed by atoms with Gasteiger partial charge in [0.15, 0.2) is 0 Å². The van der Waals surface area contributed by atoms with Crippen molar-refractivity contribution >= 4 is 10.0 Å². The number of sulfonamides is 1. The first kappa shape index (κ1) is 18.8. The van der Waals surface area contributed by atoms with Crippen molar-refractivity contribution in [2.45, 2.75) is 65.1 Å². The molecule has 0 aliphatic carbocycles. The van der Waals surface area contributed by atoms with Gasteiger partial charge in [0.2, 0.25) is 0 Å². The second kappa shape index (κ2) is 8.84. The molecule has 0 unspecified atom stereocenters. The van der Waals surface area contributed by atoms with Gasteiger partial charge in [-0.2, -0.15) is 17.2 Å². The molecular formula is C13H28F2NO2S+. The first-order chi connectivity index (χ1) is 8.88. The van der Waals surface area contributed by atoms with Gasteiger partial charge in [0, 0.05) is 0 Å². The standard InChI is InChI=1S/C13H28F2NO2S/c1-4-7-10-16(11-8-5-2,12-9-6-3)19(17,18)13(14)15/h13H,4-12H2,1-3H3/q+1. The Bertz CT molecular complexity index is 310. The van der Waals surface area contributed by atoms with Crippen LogP contribution in [0.2, 0.25) is 0 Å². The summed E-state index contributed by atoms with van der Waals surface area (Å²) >= 11 is 0. The molecule has 3 nitrogen and oxygen atoms in total. The highest BCUT2D eigenvalue weighted by molar-refractivity contribution is 7.86. The van der Waals surface area contributed by atoms with Gasteiger partial charge in [-0.15, -0.1) is 0 Å². The topological polar surface area (TPSA) is 34.1 Å². The molecule has 19 heavy (non-hydrogen) atoms. The minimum absolute atomic E-state index is 0.309. The lowest BCUT2D eigenvalue weighted by molar-refractivity contribution is -0.808. The summed E-state index contributed by atoms with van der Waals surface area (Å²) in [6.45, 7) is 6.77. The van der Waals surface area contributed by atoms with Gasteiger partial charge in [0.25, 0.3) is 0 Å². The predicted molar refractivity (Wildman–Crippen MR) is 74.5 cm³/mol. The van der Waals surface area contributed by atoms with E-state index in [9.17, 15) is 17.2 Å². The van der Waals surface area contributed by atoms with Gasteiger partial charge in [-0.1, -0.05) is 40.0 Å². The maximum atomic E-state index is 13.0. The molecule has 116 valence electrons. The van der Waals surface area contributed by atoms with Crippen molar-refractivity contribution in [3.63, 3.8) is 0 Å². The molecule has 0 atom stereocenters. The smallest absolute Gasteiger partial charge is 0.214 e. The second-order valence-electron chi connectivity index (χ2n) is 5.07. The molecule has 0 rings (SSSR count). The number of hydrogen-bond donors (Lipinski definition) is 0. The summed E-state index contributed by atoms with van der Waals surface area (Å²) in [5.74, 6) is -3.28. The zero-order valence-corrected chi connectivity index (χ0v) is 13.2. The molecule has 0 spiro atoms. The van der Waals surface area contributed by atoms with Crippen LogP contribution in [0.3, 0.4) is 0 Å². The number of quaternary nitrogens is 1. The lowest BCUT2D eigenvalue weighted by atomic mass is 10.2. The Morgan fingerprint density at radius 3 is 1.37 bits per heavy atom. The number of alkyl halides is 2. The zero-order valence-electron chi connectivity index (χ0n) is 12.4. The fourth-order valence-electron chi connectivity index (χ4n) is 2.22. The summed E-state index contributed by atoms with van der Waals surface area (Å²) in [7, 11) is -4.41. The van der Waals surface area contributed by atoms with Crippen molar-refractivity contribution in [2.75, 3.05) is 19.6 Å². The molecule has 0 bridgehead atoms. The largest absolute Gasteiger partial charge is 0.384 e. The Hall–Kier alpha value is -0.230. The van der Waals surface area contributed by atoms with E-state index in [1.807, 2.05) is 20.8 Å². The SMILES string of the molecule is CCCC[N+](CCCC)(CCCC)S(=O)(=O)C(F)F. The van der Waals surface area contributed by atoms with E-state index in [4.69, 9.17) is 0 Å². The Balaban J connectivity index is 5.32. The van der Waals surface area contributed by atoms with E-state index >= 15 is 0 Å². The minimum Gasteiger partial charge on any atom is -0.214 e. The van der Waals surface area contributed by atoms with Crippen LogP contribution in [0, 0.1) is 0 Å². The third-order valence-corrected chi connectivity index (χ3v) is 5.60. The first-order valence-electron chi connectivity index (χ1n) is 7.26. The predicted octanol–water partition coefficient (Wildman–Crippen LogP) is 3.76. The van der Waals surface area contributed by atoms with Gasteiger partial charge >= 0.3 is 15.8 Å². The first-order valence-corrected chi connectivity index (χ1v) is 8.76. The number of nitrogens with zero attached hydrogens (tertiary/aromatic N) is 1. The third kappa shape index (κ3) is 4.99. The lowest BCUT2D eigenvalue weighted by Crippen LogP contribution is -2.56. The van der Waals surface area contributed by atoms with Crippen LogP contribution in [-0.4, -0.2) is 37.7 Å². The van der Waals surface area contributed by atoms with E-state index in [1.54, 1.807) is 0 Å². The van der Waals surface area contributed by atoms with Gasteiger partial charge in [-0.25, -0.2) is 3.89 Å². The molecule has 0 saturated heterocycles. The van der Waals surface area contributed by atoms with E-state index in [1.165, 1.54) is 0 Å². The summed E-state index contributed by atoms with van der Waals surface area (Å²) in [4.78, 5) is 0. The second-order valence-corrected chi connectivity index (χ2v) is 7.23. The molecule has 0 aromatic heterocycles. The highest BCUT2D eigenvalue weighted by atomic mass is 32.2. The van der Waals surface area contributed by atoms with Gasteiger partial charge in [0.1, 0.15) is 0 Å². The molecule has 0 aliphatic rings. The highest BCUT2D eigenvalue weighted by Crippen LogP contribution is 2.25. The molecule has 0 fully saturated rings. The molecule has 0 saturated carbocycles. The molecule has 0 heterocycles. The summed E-state index contributed by atoms with van der Waals surface area (Å²) < 4.78 is 49.7. The van der Waals surface area contributed by atoms with Crippen LogP contribution in [0.4, 0.5) is 8.78 Å². The van der Waals surface area contributed by atoms with Crippen molar-refractivity contribution in [3.8, 4) is 0 Å². The Kier molecular flexibility index (Phi) is 8.74. The summed E-state index contributed by atoms with van der Waals surface area (Å²) in [6, 6.07) is 0. The van der Waals surface area contributed by atoms with Crippen LogP contribution in [0.5, 0.6) is 0 Å². The van der Waals surface area contributed by atoms with Gasteiger partial charge < -0.3 is 0 Å². The summed E-state index contributed by atoms with van der Waals surface area (Å²) in [6.07, 6.45) is 4.45. The fraction of sp³-hybridized carbons (Fsp3) is 1.00. The Labute approximate surface area is 116 Å². The highest BCUT2D eigenvalue weighted by Gasteiger charge is 2.46. The Morgan fingerprint density at radius 2 is 1.16 bits per heavy atom. The maximum Gasteiger partial charge on any atom is 0.384 e. The van der Waals surface area contributed by atoms with E-state index in [-0.39, 0.29) is 0 Å². The van der Waals surface area contributed by atoms with Crippen molar-refractivity contribution in [2.24, 2.45) is 0 Å². The average Bonchev–Trinajstić information content (AvgIpc) is 2.37.